The van der Waals surface area contributed by atoms with Crippen molar-refractivity contribution in [1.29, 1.82) is 5.26 Å². The number of ether oxygens (including phenoxy) is 3. The van der Waals surface area contributed by atoms with Crippen LogP contribution in [0.25, 0.3) is 10.9 Å². The molecule has 0 amide bonds. The molecule has 0 spiro atoms. The number of fused-ring (bicyclic) bond motifs is 1. The lowest BCUT2D eigenvalue weighted by Gasteiger charge is -2.18. The first-order chi connectivity index (χ1) is 16.5. The molecule has 2 aromatic carbocycles. The van der Waals surface area contributed by atoms with Crippen LogP contribution < -0.4 is 24.8 Å². The zero-order valence-electron chi connectivity index (χ0n) is 20.0. The minimum absolute atomic E-state index is 0.0322. The highest BCUT2D eigenvalue weighted by Gasteiger charge is 2.15. The number of likely N-dealkylation sites (N-methyl/N-ethyl adjacent to an activating group) is 2. The zero-order valence-corrected chi connectivity index (χ0v) is 20.0. The van der Waals surface area contributed by atoms with Crippen molar-refractivity contribution in [3.8, 4) is 29.1 Å². The number of aromatic nitrogens is 1. The number of benzene rings is 2. The van der Waals surface area contributed by atoms with E-state index in [4.69, 9.17) is 14.2 Å². The largest absolute Gasteiger partial charge is 0.504 e. The Balaban J connectivity index is 1.85. The molecule has 0 aliphatic rings. The highest BCUT2D eigenvalue weighted by molar-refractivity contribution is 5.97. The Hall–Kier alpha value is -3.74. The van der Waals surface area contributed by atoms with Gasteiger partial charge >= 0.3 is 0 Å². The van der Waals surface area contributed by atoms with Crippen molar-refractivity contribution in [2.45, 2.75) is 6.42 Å². The number of anilines is 2. The number of pyridine rings is 1. The normalized spacial score (nSPS) is 10.8. The van der Waals surface area contributed by atoms with Crippen LogP contribution in [0.1, 0.15) is 12.0 Å². The molecule has 3 aromatic rings. The van der Waals surface area contributed by atoms with E-state index in [2.05, 4.69) is 33.6 Å². The summed E-state index contributed by atoms with van der Waals surface area (Å²) in [5.41, 5.74) is 2.27. The van der Waals surface area contributed by atoms with Crippen LogP contribution in [0, 0.1) is 11.3 Å². The number of nitrogens with one attached hydrogen (secondary N) is 2. The molecule has 1 heterocycles. The van der Waals surface area contributed by atoms with E-state index >= 15 is 0 Å². The Kier molecular flexibility index (Phi) is 8.73. The fraction of sp³-hybridized carbons (Fsp3) is 0.360. The van der Waals surface area contributed by atoms with Gasteiger partial charge in [0.2, 0.25) is 0 Å². The van der Waals surface area contributed by atoms with Crippen LogP contribution >= 0.6 is 0 Å². The number of rotatable bonds is 12. The summed E-state index contributed by atoms with van der Waals surface area (Å²) in [4.78, 5) is 6.70. The summed E-state index contributed by atoms with van der Waals surface area (Å²) < 4.78 is 16.8. The van der Waals surface area contributed by atoms with E-state index in [0.29, 0.717) is 51.7 Å². The zero-order chi connectivity index (χ0) is 24.5. The number of phenols is 1. The summed E-state index contributed by atoms with van der Waals surface area (Å²) in [7, 11) is 7.09. The van der Waals surface area contributed by atoms with Crippen molar-refractivity contribution >= 4 is 22.3 Å². The van der Waals surface area contributed by atoms with Gasteiger partial charge in [-0.1, -0.05) is 0 Å². The van der Waals surface area contributed by atoms with E-state index in [1.165, 1.54) is 19.4 Å². The van der Waals surface area contributed by atoms with Crippen molar-refractivity contribution in [2.24, 2.45) is 0 Å². The molecular formula is C25H31N5O4. The number of nitriles is 1. The first kappa shape index (κ1) is 24.9. The second-order valence-electron chi connectivity index (χ2n) is 7.80. The van der Waals surface area contributed by atoms with E-state index in [0.717, 1.165) is 26.1 Å². The van der Waals surface area contributed by atoms with Crippen LogP contribution in [-0.2, 0) is 0 Å². The van der Waals surface area contributed by atoms with Gasteiger partial charge in [-0.25, -0.2) is 0 Å². The number of aromatic hydroxyl groups is 1. The molecule has 3 N–H and O–H groups in total. The van der Waals surface area contributed by atoms with Gasteiger partial charge in [0, 0.05) is 49.0 Å². The summed E-state index contributed by atoms with van der Waals surface area (Å²) >= 11 is 0. The van der Waals surface area contributed by atoms with E-state index in [1.807, 2.05) is 19.2 Å². The second kappa shape index (κ2) is 11.9. The van der Waals surface area contributed by atoms with Crippen LogP contribution in [-0.4, -0.2) is 69.5 Å². The minimum Gasteiger partial charge on any atom is -0.504 e. The van der Waals surface area contributed by atoms with Crippen molar-refractivity contribution in [1.82, 2.24) is 15.2 Å². The third-order valence-corrected chi connectivity index (χ3v) is 5.41. The van der Waals surface area contributed by atoms with E-state index in [-0.39, 0.29) is 5.75 Å². The third-order valence-electron chi connectivity index (χ3n) is 5.41. The molecule has 34 heavy (non-hydrogen) atoms. The van der Waals surface area contributed by atoms with E-state index in [9.17, 15) is 10.4 Å². The molecule has 0 unspecified atom stereocenters. The standard InChI is InChI=1S/C25H31N5O4/c1-27-8-10-30(2)9-5-11-34-24-14-20-19(13-23(24)33-4)25(17(15-26)16-28-20)29-18-6-7-21(31)22(12-18)32-3/h6-7,12-14,16,27,31H,5,8-11H2,1-4H3,(H,28,29). The SMILES string of the molecule is CNCCN(C)CCCOc1cc2ncc(C#N)c(Nc3ccc(O)c(OC)c3)c2cc1OC. The van der Waals surface area contributed by atoms with Crippen LogP contribution in [0.4, 0.5) is 11.4 Å². The van der Waals surface area contributed by atoms with Gasteiger partial charge in [-0.2, -0.15) is 5.26 Å². The Bertz CT molecular complexity index is 1160. The quantitative estimate of drug-likeness (QED) is 0.273. The Morgan fingerprint density at radius 1 is 1.09 bits per heavy atom. The van der Waals surface area contributed by atoms with Crippen LogP contribution in [0.5, 0.6) is 23.0 Å². The third kappa shape index (κ3) is 5.98. The summed E-state index contributed by atoms with van der Waals surface area (Å²) in [6.45, 7) is 3.38. The predicted octanol–water partition coefficient (Wildman–Crippen LogP) is 3.49. The molecule has 0 bridgehead atoms. The van der Waals surface area contributed by atoms with Gasteiger partial charge in [0.25, 0.3) is 0 Å². The Morgan fingerprint density at radius 3 is 2.59 bits per heavy atom. The Morgan fingerprint density at radius 2 is 1.88 bits per heavy atom. The summed E-state index contributed by atoms with van der Waals surface area (Å²) in [5.74, 6) is 1.51. The molecular weight excluding hydrogens is 434 g/mol. The van der Waals surface area contributed by atoms with Gasteiger partial charge in [0.05, 0.1) is 37.6 Å². The smallest absolute Gasteiger partial charge is 0.163 e. The molecule has 180 valence electrons. The molecule has 0 aliphatic carbocycles. The van der Waals surface area contributed by atoms with Crippen LogP contribution in [0.15, 0.2) is 36.5 Å². The van der Waals surface area contributed by atoms with Gasteiger partial charge in [0.1, 0.15) is 6.07 Å². The average Bonchev–Trinajstić information content (AvgIpc) is 2.86. The molecule has 1 aromatic heterocycles. The molecule has 0 fully saturated rings. The average molecular weight is 466 g/mol. The van der Waals surface area contributed by atoms with Crippen LogP contribution in [0.3, 0.4) is 0 Å². The second-order valence-corrected chi connectivity index (χ2v) is 7.80. The lowest BCUT2D eigenvalue weighted by Crippen LogP contribution is -2.28. The predicted molar refractivity (Wildman–Crippen MR) is 132 cm³/mol. The van der Waals surface area contributed by atoms with E-state index in [1.54, 1.807) is 19.2 Å². The van der Waals surface area contributed by atoms with Crippen molar-refractivity contribution in [3.05, 3.63) is 42.1 Å². The number of hydrogen-bond donors (Lipinski definition) is 3. The monoisotopic (exact) mass is 465 g/mol. The molecule has 0 saturated heterocycles. The topological polar surface area (TPSA) is 112 Å². The van der Waals surface area contributed by atoms with Gasteiger partial charge in [0.15, 0.2) is 23.0 Å². The lowest BCUT2D eigenvalue weighted by atomic mass is 10.1. The molecule has 0 saturated carbocycles. The molecule has 0 radical (unpaired) electrons. The number of nitrogens with zero attached hydrogens (tertiary/aromatic N) is 3. The van der Waals surface area contributed by atoms with Gasteiger partial charge in [-0.15, -0.1) is 0 Å². The molecule has 3 rings (SSSR count). The highest BCUT2D eigenvalue weighted by Crippen LogP contribution is 2.38. The fourth-order valence-electron chi connectivity index (χ4n) is 3.52. The first-order valence-corrected chi connectivity index (χ1v) is 11.0. The number of hydrogen-bond acceptors (Lipinski definition) is 9. The lowest BCUT2D eigenvalue weighted by molar-refractivity contribution is 0.254. The number of methoxy groups -OCH3 is 2. The maximum Gasteiger partial charge on any atom is 0.163 e. The van der Waals surface area contributed by atoms with Gasteiger partial charge in [-0.05, 0) is 38.7 Å². The highest BCUT2D eigenvalue weighted by atomic mass is 16.5. The summed E-state index contributed by atoms with van der Waals surface area (Å²) in [6.07, 6.45) is 2.40. The molecule has 9 nitrogen and oxygen atoms in total. The fourth-order valence-corrected chi connectivity index (χ4v) is 3.52. The van der Waals surface area contributed by atoms with Gasteiger partial charge < -0.3 is 34.9 Å². The Labute approximate surface area is 199 Å². The van der Waals surface area contributed by atoms with Crippen LogP contribution in [0.2, 0.25) is 0 Å². The van der Waals surface area contributed by atoms with Crippen molar-refractivity contribution in [2.75, 3.05) is 59.9 Å². The van der Waals surface area contributed by atoms with Crippen molar-refractivity contribution < 1.29 is 19.3 Å². The summed E-state index contributed by atoms with van der Waals surface area (Å²) in [5, 5.41) is 26.7. The first-order valence-electron chi connectivity index (χ1n) is 11.0. The maximum atomic E-state index is 9.88. The molecule has 0 aliphatic heterocycles. The summed E-state index contributed by atoms with van der Waals surface area (Å²) in [6, 6.07) is 10.7. The number of phenolic OH excluding ortho intramolecular Hbond substituents is 1. The van der Waals surface area contributed by atoms with Crippen molar-refractivity contribution in [3.63, 3.8) is 0 Å². The maximum absolute atomic E-state index is 9.88. The minimum atomic E-state index is 0.0322. The molecule has 0 atom stereocenters. The van der Waals surface area contributed by atoms with E-state index < -0.39 is 0 Å². The van der Waals surface area contributed by atoms with Gasteiger partial charge in [-0.3, -0.25) is 4.98 Å². The molecule has 9 heteroatoms.